The maximum absolute atomic E-state index is 10.4. The molecule has 0 saturated carbocycles. The Balaban J connectivity index is 1.60. The highest BCUT2D eigenvalue weighted by molar-refractivity contribution is 5.74. The number of imidazole rings is 2. The number of hydrogen-bond donors (Lipinski definition) is 2. The second-order valence-corrected chi connectivity index (χ2v) is 5.75. The highest BCUT2D eigenvalue weighted by Crippen LogP contribution is 2.33. The van der Waals surface area contributed by atoms with Gasteiger partial charge in [-0.2, -0.15) is 0 Å². The Hall–Kier alpha value is -3.94. The second-order valence-electron chi connectivity index (χ2n) is 5.75. The van der Waals surface area contributed by atoms with Crippen LogP contribution in [0, 0.1) is 0 Å². The third-order valence-corrected chi connectivity index (χ3v) is 4.24. The predicted octanol–water partition coefficient (Wildman–Crippen LogP) is 2.52. The van der Waals surface area contributed by atoms with E-state index in [1.165, 1.54) is 0 Å². The molecule has 4 aromatic heterocycles. The number of fused-ring (bicyclic) bond motifs is 2. The van der Waals surface area contributed by atoms with Crippen LogP contribution in [0.4, 0.5) is 0 Å². The van der Waals surface area contributed by atoms with Gasteiger partial charge in [-0.1, -0.05) is 24.3 Å². The SMILES string of the molecule is Oc1c(-c2ccc(-c3nc4cnccn4c3O)cc2)nc2cnccn12. The Labute approximate surface area is 146 Å². The van der Waals surface area contributed by atoms with Gasteiger partial charge in [0.05, 0.1) is 12.4 Å². The van der Waals surface area contributed by atoms with E-state index in [4.69, 9.17) is 0 Å². The molecule has 126 valence electrons. The van der Waals surface area contributed by atoms with Gasteiger partial charge in [-0.25, -0.2) is 9.97 Å². The first-order valence-electron chi connectivity index (χ1n) is 7.85. The zero-order valence-corrected chi connectivity index (χ0v) is 13.4. The molecule has 0 unspecified atom stereocenters. The normalized spacial score (nSPS) is 11.4. The fourth-order valence-corrected chi connectivity index (χ4v) is 2.96. The minimum absolute atomic E-state index is 0.0526. The molecule has 0 atom stereocenters. The van der Waals surface area contributed by atoms with Crippen LogP contribution in [0.5, 0.6) is 11.8 Å². The van der Waals surface area contributed by atoms with Crippen molar-refractivity contribution in [1.82, 2.24) is 28.7 Å². The smallest absolute Gasteiger partial charge is 0.224 e. The number of hydrogen-bond acceptors (Lipinski definition) is 6. The lowest BCUT2D eigenvalue weighted by Crippen LogP contribution is -1.83. The first-order valence-corrected chi connectivity index (χ1v) is 7.85. The van der Waals surface area contributed by atoms with Gasteiger partial charge in [0, 0.05) is 35.9 Å². The van der Waals surface area contributed by atoms with Gasteiger partial charge in [-0.15, -0.1) is 0 Å². The molecule has 5 aromatic rings. The first-order chi connectivity index (χ1) is 12.7. The zero-order chi connectivity index (χ0) is 17.7. The second kappa shape index (κ2) is 5.28. The molecule has 26 heavy (non-hydrogen) atoms. The summed E-state index contributed by atoms with van der Waals surface area (Å²) in [6, 6.07) is 7.30. The van der Waals surface area contributed by atoms with E-state index in [1.54, 1.807) is 46.0 Å². The summed E-state index contributed by atoms with van der Waals surface area (Å²) in [5.41, 5.74) is 3.56. The van der Waals surface area contributed by atoms with Gasteiger partial charge in [0.15, 0.2) is 11.3 Å². The van der Waals surface area contributed by atoms with Gasteiger partial charge >= 0.3 is 0 Å². The standard InChI is InChI=1S/C18H12N6O2/c25-17-15(21-13-9-19-5-7-23(13)17)11-1-2-12(4-3-11)16-18(26)24-8-6-20-10-14(24)22-16/h1-10,25-26H. The predicted molar refractivity (Wildman–Crippen MR) is 93.7 cm³/mol. The molecule has 1 aromatic carbocycles. The first kappa shape index (κ1) is 14.4. The largest absolute Gasteiger partial charge is 0.493 e. The summed E-state index contributed by atoms with van der Waals surface area (Å²) < 4.78 is 3.13. The van der Waals surface area contributed by atoms with Gasteiger partial charge in [-0.3, -0.25) is 18.8 Å². The Morgan fingerprint density at radius 2 is 1.08 bits per heavy atom. The van der Waals surface area contributed by atoms with Crippen molar-refractivity contribution in [2.45, 2.75) is 0 Å². The average Bonchev–Trinajstić information content (AvgIpc) is 3.20. The topological polar surface area (TPSA) is 101 Å². The molecule has 0 saturated heterocycles. The number of nitrogens with zero attached hydrogens (tertiary/aromatic N) is 6. The molecule has 0 aliphatic rings. The van der Waals surface area contributed by atoms with Gasteiger partial charge in [0.2, 0.25) is 11.8 Å². The number of aromatic nitrogens is 6. The van der Waals surface area contributed by atoms with Crippen LogP contribution in [0.15, 0.2) is 61.4 Å². The molecular weight excluding hydrogens is 332 g/mol. The Bertz CT molecular complexity index is 1160. The van der Waals surface area contributed by atoms with Gasteiger partial charge < -0.3 is 10.2 Å². The Morgan fingerprint density at radius 3 is 1.46 bits per heavy atom. The van der Waals surface area contributed by atoms with Crippen LogP contribution in [0.1, 0.15) is 0 Å². The minimum Gasteiger partial charge on any atom is -0.493 e. The van der Waals surface area contributed by atoms with E-state index in [0.717, 1.165) is 11.1 Å². The molecule has 8 nitrogen and oxygen atoms in total. The fraction of sp³-hybridized carbons (Fsp3) is 0. The summed E-state index contributed by atoms with van der Waals surface area (Å²) in [7, 11) is 0. The van der Waals surface area contributed by atoms with Crippen molar-refractivity contribution in [2.75, 3.05) is 0 Å². The molecule has 0 fully saturated rings. The van der Waals surface area contributed by atoms with Gasteiger partial charge in [0.1, 0.15) is 11.4 Å². The maximum atomic E-state index is 10.4. The fourth-order valence-electron chi connectivity index (χ4n) is 2.96. The molecule has 0 aliphatic heterocycles. The van der Waals surface area contributed by atoms with Crippen molar-refractivity contribution in [3.63, 3.8) is 0 Å². The summed E-state index contributed by atoms with van der Waals surface area (Å²) in [5.74, 6) is 0.105. The molecule has 0 radical (unpaired) electrons. The van der Waals surface area contributed by atoms with Crippen LogP contribution >= 0.6 is 0 Å². The van der Waals surface area contributed by atoms with Crippen molar-refractivity contribution in [2.24, 2.45) is 0 Å². The van der Waals surface area contributed by atoms with Crippen LogP contribution < -0.4 is 0 Å². The van der Waals surface area contributed by atoms with Crippen LogP contribution in [0.2, 0.25) is 0 Å². The summed E-state index contributed by atoms with van der Waals surface area (Å²) in [6.07, 6.45) is 9.64. The molecule has 0 spiro atoms. The molecule has 0 amide bonds. The van der Waals surface area contributed by atoms with Gasteiger partial charge in [-0.05, 0) is 0 Å². The lowest BCUT2D eigenvalue weighted by Gasteiger charge is -2.01. The molecule has 0 aliphatic carbocycles. The highest BCUT2D eigenvalue weighted by Gasteiger charge is 2.16. The van der Waals surface area contributed by atoms with Crippen molar-refractivity contribution in [3.8, 4) is 34.3 Å². The summed E-state index contributed by atoms with van der Waals surface area (Å²) in [6.45, 7) is 0. The molecule has 8 heteroatoms. The minimum atomic E-state index is 0.0526. The van der Waals surface area contributed by atoms with E-state index in [2.05, 4.69) is 19.9 Å². The van der Waals surface area contributed by atoms with E-state index in [1.807, 2.05) is 24.3 Å². The average molecular weight is 344 g/mol. The van der Waals surface area contributed by atoms with E-state index in [0.29, 0.717) is 22.7 Å². The lowest BCUT2D eigenvalue weighted by atomic mass is 10.1. The number of aromatic hydroxyl groups is 2. The molecule has 0 bridgehead atoms. The van der Waals surface area contributed by atoms with Crippen molar-refractivity contribution >= 4 is 11.3 Å². The monoisotopic (exact) mass is 344 g/mol. The van der Waals surface area contributed by atoms with Crippen LogP contribution in [0.25, 0.3) is 33.8 Å². The van der Waals surface area contributed by atoms with E-state index in [-0.39, 0.29) is 11.8 Å². The van der Waals surface area contributed by atoms with Crippen molar-refractivity contribution < 1.29 is 10.2 Å². The van der Waals surface area contributed by atoms with Crippen LogP contribution in [-0.4, -0.2) is 39.0 Å². The summed E-state index contributed by atoms with van der Waals surface area (Å²) >= 11 is 0. The molecule has 4 heterocycles. The van der Waals surface area contributed by atoms with Crippen molar-refractivity contribution in [3.05, 3.63) is 61.4 Å². The molecule has 2 N–H and O–H groups in total. The zero-order valence-electron chi connectivity index (χ0n) is 13.4. The summed E-state index contributed by atoms with van der Waals surface area (Å²) in [5, 5.41) is 20.8. The Kier molecular flexibility index (Phi) is 2.93. The summed E-state index contributed by atoms with van der Waals surface area (Å²) in [4.78, 5) is 16.8. The third-order valence-electron chi connectivity index (χ3n) is 4.24. The van der Waals surface area contributed by atoms with Gasteiger partial charge in [0.25, 0.3) is 0 Å². The van der Waals surface area contributed by atoms with E-state index < -0.39 is 0 Å². The third kappa shape index (κ3) is 2.02. The van der Waals surface area contributed by atoms with Crippen molar-refractivity contribution in [1.29, 1.82) is 0 Å². The van der Waals surface area contributed by atoms with Crippen LogP contribution in [-0.2, 0) is 0 Å². The van der Waals surface area contributed by atoms with E-state index >= 15 is 0 Å². The lowest BCUT2D eigenvalue weighted by molar-refractivity contribution is 0.449. The maximum Gasteiger partial charge on any atom is 0.224 e. The van der Waals surface area contributed by atoms with Crippen LogP contribution in [0.3, 0.4) is 0 Å². The molecular formula is C18H12N6O2. The van der Waals surface area contributed by atoms with E-state index in [9.17, 15) is 10.2 Å². The number of rotatable bonds is 2. The number of benzene rings is 1. The quantitative estimate of drug-likeness (QED) is 0.510. The highest BCUT2D eigenvalue weighted by atomic mass is 16.3. The Morgan fingerprint density at radius 1 is 0.654 bits per heavy atom. The molecule has 5 rings (SSSR count).